The number of nitrogens with two attached hydrogens (primary N) is 5. The second kappa shape index (κ2) is 18.1. The number of nitrogens with one attached hydrogen (secondary N) is 1. The van der Waals surface area contributed by atoms with Crippen LogP contribution >= 0.6 is 0 Å². The van der Waals surface area contributed by atoms with Crippen LogP contribution in [0.25, 0.3) is 10.9 Å². The van der Waals surface area contributed by atoms with E-state index in [4.69, 9.17) is 57.1 Å². The highest BCUT2D eigenvalue weighted by Gasteiger charge is 2.50. The van der Waals surface area contributed by atoms with E-state index in [2.05, 4.69) is 5.32 Å². The molecule has 1 unspecified atom stereocenters. The molecule has 2 aromatic rings. The first-order chi connectivity index (χ1) is 28.1. The molecule has 1 radical (unpaired) electrons. The van der Waals surface area contributed by atoms with E-state index in [1.807, 2.05) is 11.8 Å². The van der Waals surface area contributed by atoms with Gasteiger partial charge in [-0.2, -0.15) is 0 Å². The molecule has 21 heteroatoms. The second-order valence-corrected chi connectivity index (χ2v) is 16.4. The monoisotopic (exact) mass is 837 g/mol. The normalized spacial score (nSPS) is 38.0. The van der Waals surface area contributed by atoms with Crippen LogP contribution in [0.4, 0.5) is 10.1 Å². The molecule has 329 valence electrons. The quantitative estimate of drug-likeness (QED) is 0.0937. The molecule has 5 aliphatic rings. The Hall–Kier alpha value is -3.13. The molecule has 15 atom stereocenters. The van der Waals surface area contributed by atoms with Crippen LogP contribution in [0.1, 0.15) is 55.4 Å². The number of carbonyl (C=O) groups excluding carboxylic acids is 1. The summed E-state index contributed by atoms with van der Waals surface area (Å²) in [5.41, 5.74) is 30.3. The summed E-state index contributed by atoms with van der Waals surface area (Å²) in [5.74, 6) is -1.48. The van der Waals surface area contributed by atoms with Crippen molar-refractivity contribution in [3.63, 3.8) is 0 Å². The lowest BCUT2D eigenvalue weighted by Gasteiger charge is -2.48. The lowest BCUT2D eigenvalue weighted by atomic mass is 9.84. The number of ether oxygens (including phenoxy) is 6. The van der Waals surface area contributed by atoms with Crippen molar-refractivity contribution in [2.75, 3.05) is 38.2 Å². The number of hydrogen-bond donors (Lipinski definition) is 10. The van der Waals surface area contributed by atoms with Gasteiger partial charge in [0.1, 0.15) is 42.3 Å². The van der Waals surface area contributed by atoms with Gasteiger partial charge < -0.3 is 92.3 Å². The topological polar surface area (TPSA) is 321 Å². The van der Waals surface area contributed by atoms with Crippen molar-refractivity contribution in [1.29, 1.82) is 0 Å². The molecule has 1 aromatic heterocycles. The van der Waals surface area contributed by atoms with Gasteiger partial charge in [0, 0.05) is 63.0 Å². The Balaban J connectivity index is 1.03. The molecule has 0 spiro atoms. The van der Waals surface area contributed by atoms with Crippen molar-refractivity contribution in [2.45, 2.75) is 137 Å². The van der Waals surface area contributed by atoms with Gasteiger partial charge in [-0.1, -0.05) is 0 Å². The first-order valence-corrected chi connectivity index (χ1v) is 20.2. The highest BCUT2D eigenvalue weighted by Crippen LogP contribution is 2.44. The number of aromatic nitrogens is 1. The van der Waals surface area contributed by atoms with Crippen molar-refractivity contribution in [2.24, 2.45) is 28.7 Å². The summed E-state index contributed by atoms with van der Waals surface area (Å²) in [7, 11) is 1.42. The maximum Gasteiger partial charge on any atom is 0.344 e. The van der Waals surface area contributed by atoms with Gasteiger partial charge >= 0.3 is 5.97 Å². The molecule has 15 N–H and O–H groups in total. The minimum Gasteiger partial charge on any atom is -0.492 e. The highest BCUT2D eigenvalue weighted by atomic mass is 19.1. The lowest BCUT2D eigenvalue weighted by molar-refractivity contribution is -0.312. The number of pyridine rings is 1. The number of halogens is 1. The van der Waals surface area contributed by atoms with Gasteiger partial charge in [-0.15, -0.1) is 0 Å². The standard InChI is InChI=1S/C38H58FN8O12/c1-15-13-46(7-6-45-15)28-19(39)9-17-27(35(28)54-2)47(16-3-4-16)14-18(29(17)49)36(53)55-8-5-24-30(50)26(44)31(51)38(56-24)59-34-21(42)10-20(41)33(32(34)52)58-37-22(43)11-23(48)25(12-40)57-37/h8-9,14-16,20-26,30-34,37-38,45,48,50-52H,3-7,10-13,40-44H2,1-2H3/t15?,20-,21+,22+,23-,24+,25+,26-,30+,31+,32-,33+,34-,37+,38-/m0/s1. The van der Waals surface area contributed by atoms with Crippen molar-refractivity contribution in [3.05, 3.63) is 40.5 Å². The van der Waals surface area contributed by atoms with E-state index < -0.39 is 103 Å². The molecule has 3 saturated heterocycles. The molecule has 4 heterocycles. The molecule has 3 aliphatic heterocycles. The number of piperazine rings is 1. The number of benzene rings is 1. The number of aliphatic hydroxyl groups is 4. The average molecular weight is 838 g/mol. The van der Waals surface area contributed by atoms with Crippen molar-refractivity contribution in [1.82, 2.24) is 9.88 Å². The Morgan fingerprint density at radius 3 is 2.31 bits per heavy atom. The van der Waals surface area contributed by atoms with Gasteiger partial charge in [0.25, 0.3) is 0 Å². The molecule has 7 rings (SSSR count). The maximum absolute atomic E-state index is 15.9. The maximum atomic E-state index is 15.9. The summed E-state index contributed by atoms with van der Waals surface area (Å²) >= 11 is 0. The number of hydrogen-bond acceptors (Lipinski definition) is 19. The van der Waals surface area contributed by atoms with E-state index in [-0.39, 0.29) is 60.3 Å². The zero-order chi connectivity index (χ0) is 42.4. The number of carbonyl (C=O) groups is 1. The van der Waals surface area contributed by atoms with Crippen LogP contribution in [0.15, 0.2) is 17.1 Å². The van der Waals surface area contributed by atoms with Crippen LogP contribution in [0.3, 0.4) is 0 Å². The average Bonchev–Trinajstić information content (AvgIpc) is 4.05. The van der Waals surface area contributed by atoms with E-state index in [9.17, 15) is 30.0 Å². The van der Waals surface area contributed by atoms with Crippen molar-refractivity contribution < 1.29 is 58.0 Å². The van der Waals surface area contributed by atoms with Gasteiger partial charge in [0.15, 0.2) is 24.1 Å². The van der Waals surface area contributed by atoms with E-state index in [0.29, 0.717) is 25.2 Å². The molecule has 0 bridgehead atoms. The summed E-state index contributed by atoms with van der Waals surface area (Å²) in [4.78, 5) is 29.2. The Morgan fingerprint density at radius 1 is 0.983 bits per heavy atom. The molecule has 59 heavy (non-hydrogen) atoms. The summed E-state index contributed by atoms with van der Waals surface area (Å²) < 4.78 is 52.6. The van der Waals surface area contributed by atoms with Gasteiger partial charge in [-0.25, -0.2) is 9.18 Å². The molecule has 20 nitrogen and oxygen atoms in total. The zero-order valence-corrected chi connectivity index (χ0v) is 33.0. The Kier molecular flexibility index (Phi) is 13.5. The van der Waals surface area contributed by atoms with E-state index in [1.165, 1.54) is 13.3 Å². The summed E-state index contributed by atoms with van der Waals surface area (Å²) in [6, 6.07) is -2.54. The molecule has 0 amide bonds. The van der Waals surface area contributed by atoms with Gasteiger partial charge in [0.05, 0.1) is 54.5 Å². The van der Waals surface area contributed by atoms with Gasteiger partial charge in [-0.05, 0) is 38.7 Å². The number of nitrogens with zero attached hydrogens (tertiary/aromatic N) is 2. The van der Waals surface area contributed by atoms with E-state index in [1.54, 1.807) is 4.57 Å². The molecule has 2 saturated carbocycles. The van der Waals surface area contributed by atoms with Crippen LogP contribution in [0, 0.1) is 12.4 Å². The van der Waals surface area contributed by atoms with E-state index in [0.717, 1.165) is 25.5 Å². The Bertz CT molecular complexity index is 1880. The summed E-state index contributed by atoms with van der Waals surface area (Å²) in [5, 5.41) is 46.9. The van der Waals surface area contributed by atoms with E-state index >= 15 is 4.39 Å². The zero-order valence-electron chi connectivity index (χ0n) is 33.0. The predicted octanol–water partition coefficient (Wildman–Crippen LogP) is -3.28. The van der Waals surface area contributed by atoms with Crippen LogP contribution in [0.5, 0.6) is 5.75 Å². The fourth-order valence-electron chi connectivity index (χ4n) is 8.61. The number of anilines is 1. The van der Waals surface area contributed by atoms with Gasteiger partial charge in [-0.3, -0.25) is 4.79 Å². The Morgan fingerprint density at radius 2 is 1.66 bits per heavy atom. The number of methoxy groups -OCH3 is 1. The molecular weight excluding hydrogens is 779 g/mol. The predicted molar refractivity (Wildman–Crippen MR) is 208 cm³/mol. The van der Waals surface area contributed by atoms with Crippen LogP contribution < -0.4 is 49.1 Å². The minimum absolute atomic E-state index is 0.00260. The fourth-order valence-corrected chi connectivity index (χ4v) is 8.61. The lowest BCUT2D eigenvalue weighted by Crippen LogP contribution is -2.68. The third kappa shape index (κ3) is 8.82. The number of esters is 1. The minimum atomic E-state index is -1.59. The van der Waals surface area contributed by atoms with Crippen LogP contribution in [-0.4, -0.2) is 156 Å². The molecule has 2 aliphatic carbocycles. The Labute approximate surface area is 339 Å². The third-order valence-corrected chi connectivity index (χ3v) is 12.0. The summed E-state index contributed by atoms with van der Waals surface area (Å²) in [6.07, 6.45) is -9.39. The fraction of sp³-hybridized carbons (Fsp3) is 0.711. The first-order valence-electron chi connectivity index (χ1n) is 20.2. The highest BCUT2D eigenvalue weighted by molar-refractivity contribution is 5.98. The van der Waals surface area contributed by atoms with Gasteiger partial charge in [0.2, 0.25) is 5.43 Å². The number of aliphatic hydroxyl groups excluding tert-OH is 4. The van der Waals surface area contributed by atoms with Crippen molar-refractivity contribution in [3.8, 4) is 5.75 Å². The van der Waals surface area contributed by atoms with Crippen LogP contribution in [0.2, 0.25) is 0 Å². The van der Waals surface area contributed by atoms with Crippen LogP contribution in [-0.2, 0) is 23.7 Å². The number of fused-ring (bicyclic) bond motifs is 1. The SMILES string of the molecule is COc1c(N2CCNC(C)C2)c(F)cc2c(=O)c(C(=O)O[CH]C[C@H]3O[C@@H](O[C@@H]4[C@@H](O)[C@H](O[C@H]5O[C@H](CN)[C@@H](O)C[C@H]5N)[C@@H](N)C[C@H]4N)[C@H](O)[C@@H](N)[C@@H]3O)cn(C3CC3)c12. The molecular formula is C38H58FN8O12. The van der Waals surface area contributed by atoms with Crippen molar-refractivity contribution >= 4 is 22.6 Å². The smallest absolute Gasteiger partial charge is 0.344 e. The summed E-state index contributed by atoms with van der Waals surface area (Å²) in [6.45, 7) is 4.72. The molecule has 1 aromatic carbocycles. The first kappa shape index (κ1) is 43.9. The second-order valence-electron chi connectivity index (χ2n) is 16.4. The largest absolute Gasteiger partial charge is 0.492 e. The third-order valence-electron chi connectivity index (χ3n) is 12.0. The number of rotatable bonds is 12. The molecule has 5 fully saturated rings.